The summed E-state index contributed by atoms with van der Waals surface area (Å²) in [5, 5.41) is 15.6. The summed E-state index contributed by atoms with van der Waals surface area (Å²) in [5.74, 6) is 0.00380. The van der Waals surface area contributed by atoms with Gasteiger partial charge in [0.2, 0.25) is 5.91 Å². The lowest BCUT2D eigenvalue weighted by atomic mass is 10.1. The molecule has 0 aromatic carbocycles. The standard InChI is InChI=1S/C11H22N2O2/c1-7(2)12-11(15)8(3)13-9-5-4-6-10(9)14/h7-10,13-14H,4-6H2,1-3H3,(H,12,15). The van der Waals surface area contributed by atoms with Crippen molar-refractivity contribution in [2.45, 2.75) is 64.3 Å². The summed E-state index contributed by atoms with van der Waals surface area (Å²) in [4.78, 5) is 11.6. The molecule has 0 aromatic rings. The number of aliphatic hydroxyl groups excluding tert-OH is 1. The van der Waals surface area contributed by atoms with E-state index >= 15 is 0 Å². The zero-order valence-electron chi connectivity index (χ0n) is 9.79. The van der Waals surface area contributed by atoms with Gasteiger partial charge in [0.1, 0.15) is 0 Å². The Labute approximate surface area is 91.4 Å². The van der Waals surface area contributed by atoms with E-state index in [0.717, 1.165) is 19.3 Å². The summed E-state index contributed by atoms with van der Waals surface area (Å²) < 4.78 is 0. The van der Waals surface area contributed by atoms with Crippen LogP contribution in [-0.4, -0.2) is 35.2 Å². The van der Waals surface area contributed by atoms with Gasteiger partial charge in [-0.05, 0) is 40.0 Å². The first-order valence-electron chi connectivity index (χ1n) is 5.75. The molecule has 1 amide bonds. The SMILES string of the molecule is CC(C)NC(=O)C(C)NC1CCCC1O. The minimum Gasteiger partial charge on any atom is -0.392 e. The zero-order valence-corrected chi connectivity index (χ0v) is 9.79. The number of hydrogen-bond donors (Lipinski definition) is 3. The van der Waals surface area contributed by atoms with Gasteiger partial charge in [0.25, 0.3) is 0 Å². The Hall–Kier alpha value is -0.610. The second-order valence-corrected chi connectivity index (χ2v) is 4.66. The van der Waals surface area contributed by atoms with Crippen LogP contribution in [0.5, 0.6) is 0 Å². The first kappa shape index (κ1) is 12.5. The van der Waals surface area contributed by atoms with E-state index < -0.39 is 0 Å². The second-order valence-electron chi connectivity index (χ2n) is 4.66. The Kier molecular flexibility index (Phi) is 4.54. The van der Waals surface area contributed by atoms with Crippen LogP contribution in [0.3, 0.4) is 0 Å². The molecule has 15 heavy (non-hydrogen) atoms. The van der Waals surface area contributed by atoms with Gasteiger partial charge < -0.3 is 15.7 Å². The first-order valence-corrected chi connectivity index (χ1v) is 5.75. The van der Waals surface area contributed by atoms with Crippen LogP contribution >= 0.6 is 0 Å². The molecule has 4 heteroatoms. The van der Waals surface area contributed by atoms with Crippen molar-refractivity contribution in [1.82, 2.24) is 10.6 Å². The van der Waals surface area contributed by atoms with Gasteiger partial charge in [-0.15, -0.1) is 0 Å². The molecule has 0 saturated heterocycles. The van der Waals surface area contributed by atoms with Crippen LogP contribution in [0.4, 0.5) is 0 Å². The smallest absolute Gasteiger partial charge is 0.237 e. The van der Waals surface area contributed by atoms with Gasteiger partial charge in [-0.3, -0.25) is 4.79 Å². The molecule has 1 saturated carbocycles. The molecule has 1 fully saturated rings. The largest absolute Gasteiger partial charge is 0.392 e. The highest BCUT2D eigenvalue weighted by molar-refractivity contribution is 5.81. The number of hydrogen-bond acceptors (Lipinski definition) is 3. The van der Waals surface area contributed by atoms with Gasteiger partial charge in [-0.2, -0.15) is 0 Å². The van der Waals surface area contributed by atoms with Crippen molar-refractivity contribution in [2.75, 3.05) is 0 Å². The summed E-state index contributed by atoms with van der Waals surface area (Å²) in [6, 6.07) is 0.0123. The van der Waals surface area contributed by atoms with Gasteiger partial charge in [0, 0.05) is 12.1 Å². The highest BCUT2D eigenvalue weighted by Crippen LogP contribution is 2.19. The van der Waals surface area contributed by atoms with Crippen molar-refractivity contribution in [3.8, 4) is 0 Å². The average Bonchev–Trinajstić information content (AvgIpc) is 2.50. The summed E-state index contributed by atoms with van der Waals surface area (Å²) in [7, 11) is 0. The van der Waals surface area contributed by atoms with Gasteiger partial charge >= 0.3 is 0 Å². The summed E-state index contributed by atoms with van der Waals surface area (Å²) >= 11 is 0. The fourth-order valence-electron chi connectivity index (χ4n) is 1.94. The van der Waals surface area contributed by atoms with Crippen LogP contribution < -0.4 is 10.6 Å². The number of amides is 1. The Morgan fingerprint density at radius 3 is 2.47 bits per heavy atom. The molecule has 0 aromatic heterocycles. The molecule has 4 nitrogen and oxygen atoms in total. The van der Waals surface area contributed by atoms with Crippen LogP contribution in [-0.2, 0) is 4.79 Å². The number of rotatable bonds is 4. The lowest BCUT2D eigenvalue weighted by molar-refractivity contribution is -0.123. The Morgan fingerprint density at radius 2 is 2.00 bits per heavy atom. The lowest BCUT2D eigenvalue weighted by Crippen LogP contribution is -2.50. The van der Waals surface area contributed by atoms with Gasteiger partial charge in [-0.25, -0.2) is 0 Å². The highest BCUT2D eigenvalue weighted by Gasteiger charge is 2.27. The average molecular weight is 214 g/mol. The number of aliphatic hydroxyl groups is 1. The van der Waals surface area contributed by atoms with Crippen LogP contribution in [0, 0.1) is 0 Å². The second kappa shape index (κ2) is 5.47. The molecule has 0 heterocycles. The van der Waals surface area contributed by atoms with Crippen molar-refractivity contribution in [1.29, 1.82) is 0 Å². The molecule has 88 valence electrons. The molecule has 0 spiro atoms. The van der Waals surface area contributed by atoms with Crippen molar-refractivity contribution in [2.24, 2.45) is 0 Å². The molecular formula is C11H22N2O2. The minimum atomic E-state index is -0.292. The molecule has 1 rings (SSSR count). The number of carbonyl (C=O) groups excluding carboxylic acids is 1. The quantitative estimate of drug-likeness (QED) is 0.635. The summed E-state index contributed by atoms with van der Waals surface area (Å²) in [6.45, 7) is 5.72. The lowest BCUT2D eigenvalue weighted by Gasteiger charge is -2.22. The van der Waals surface area contributed by atoms with Crippen molar-refractivity contribution in [3.05, 3.63) is 0 Å². The maximum absolute atomic E-state index is 11.6. The van der Waals surface area contributed by atoms with E-state index in [4.69, 9.17) is 0 Å². The summed E-state index contributed by atoms with van der Waals surface area (Å²) in [5.41, 5.74) is 0. The molecule has 1 aliphatic carbocycles. The van der Waals surface area contributed by atoms with Gasteiger partial charge in [0.05, 0.1) is 12.1 Å². The molecule has 0 aliphatic heterocycles. The maximum atomic E-state index is 11.6. The Morgan fingerprint density at radius 1 is 1.33 bits per heavy atom. The normalized spacial score (nSPS) is 28.1. The Bertz CT molecular complexity index is 219. The fourth-order valence-corrected chi connectivity index (χ4v) is 1.94. The third kappa shape index (κ3) is 3.80. The molecule has 1 aliphatic rings. The van der Waals surface area contributed by atoms with Crippen molar-refractivity contribution < 1.29 is 9.90 Å². The molecule has 3 N–H and O–H groups in total. The Balaban J connectivity index is 2.34. The van der Waals surface area contributed by atoms with E-state index in [2.05, 4.69) is 10.6 Å². The van der Waals surface area contributed by atoms with Crippen LogP contribution in [0.25, 0.3) is 0 Å². The monoisotopic (exact) mass is 214 g/mol. The first-order chi connectivity index (χ1) is 7.00. The van der Waals surface area contributed by atoms with Gasteiger partial charge in [0.15, 0.2) is 0 Å². The third-order valence-electron chi connectivity index (χ3n) is 2.77. The van der Waals surface area contributed by atoms with E-state index in [1.165, 1.54) is 0 Å². The van der Waals surface area contributed by atoms with Crippen LogP contribution in [0.2, 0.25) is 0 Å². The zero-order chi connectivity index (χ0) is 11.4. The molecular weight excluding hydrogens is 192 g/mol. The van der Waals surface area contributed by atoms with E-state index in [-0.39, 0.29) is 30.1 Å². The molecule has 0 radical (unpaired) electrons. The van der Waals surface area contributed by atoms with Crippen LogP contribution in [0.15, 0.2) is 0 Å². The van der Waals surface area contributed by atoms with E-state index in [9.17, 15) is 9.90 Å². The minimum absolute atomic E-state index is 0.00380. The van der Waals surface area contributed by atoms with Gasteiger partial charge in [-0.1, -0.05) is 0 Å². The highest BCUT2D eigenvalue weighted by atomic mass is 16.3. The maximum Gasteiger partial charge on any atom is 0.237 e. The predicted octanol–water partition coefficient (Wildman–Crippen LogP) is 0.402. The van der Waals surface area contributed by atoms with Crippen LogP contribution in [0.1, 0.15) is 40.0 Å². The number of nitrogens with one attached hydrogen (secondary N) is 2. The topological polar surface area (TPSA) is 61.4 Å². The van der Waals surface area contributed by atoms with Crippen molar-refractivity contribution >= 4 is 5.91 Å². The molecule has 3 unspecified atom stereocenters. The fraction of sp³-hybridized carbons (Fsp3) is 0.909. The van der Waals surface area contributed by atoms with E-state index in [0.29, 0.717) is 0 Å². The molecule has 3 atom stereocenters. The third-order valence-corrected chi connectivity index (χ3v) is 2.77. The number of carbonyl (C=O) groups is 1. The summed E-state index contributed by atoms with van der Waals surface area (Å²) in [6.07, 6.45) is 2.55. The predicted molar refractivity (Wildman–Crippen MR) is 59.5 cm³/mol. The van der Waals surface area contributed by atoms with E-state index in [1.54, 1.807) is 0 Å². The molecule has 0 bridgehead atoms. The van der Waals surface area contributed by atoms with E-state index in [1.807, 2.05) is 20.8 Å². The van der Waals surface area contributed by atoms with Crippen molar-refractivity contribution in [3.63, 3.8) is 0 Å².